The van der Waals surface area contributed by atoms with E-state index in [9.17, 15) is 9.59 Å². The van der Waals surface area contributed by atoms with Gasteiger partial charge in [0.05, 0.1) is 34.4 Å². The Morgan fingerprint density at radius 3 is 2.24 bits per heavy atom. The zero-order valence-electron chi connectivity index (χ0n) is 14.6. The molecule has 0 radical (unpaired) electrons. The smallest absolute Gasteiger partial charge is 0.354 e. The highest BCUT2D eigenvalue weighted by Crippen LogP contribution is 2.25. The molecule has 1 rings (SSSR count). The van der Waals surface area contributed by atoms with Gasteiger partial charge >= 0.3 is 11.9 Å². The number of nitrogens with one attached hydrogen (secondary N) is 1. The molecule has 0 amide bonds. The zero-order chi connectivity index (χ0) is 19.0. The van der Waals surface area contributed by atoms with Gasteiger partial charge in [0.1, 0.15) is 5.71 Å². The Bertz CT molecular complexity index is 646. The summed E-state index contributed by atoms with van der Waals surface area (Å²) in [5.74, 6) is -1.01. The van der Waals surface area contributed by atoms with Crippen LogP contribution in [0.3, 0.4) is 0 Å². The first-order valence-corrected chi connectivity index (χ1v) is 8.62. The second-order valence-electron chi connectivity index (χ2n) is 5.79. The van der Waals surface area contributed by atoms with Gasteiger partial charge in [-0.25, -0.2) is 4.79 Å². The minimum atomic E-state index is -0.597. The van der Waals surface area contributed by atoms with Crippen molar-refractivity contribution in [2.24, 2.45) is 5.10 Å². The Hall–Kier alpha value is -1.79. The van der Waals surface area contributed by atoms with Crippen molar-refractivity contribution >= 4 is 46.5 Å². The maximum Gasteiger partial charge on any atom is 0.354 e. The topological polar surface area (TPSA) is 77.0 Å². The molecule has 0 atom stereocenters. The van der Waals surface area contributed by atoms with Crippen molar-refractivity contribution < 1.29 is 19.1 Å². The molecule has 0 heterocycles. The molecule has 0 unspecified atom stereocenters. The minimum Gasteiger partial charge on any atom is -0.463 e. The number of rotatable bonds is 8. The van der Waals surface area contributed by atoms with Crippen LogP contribution >= 0.6 is 23.2 Å². The van der Waals surface area contributed by atoms with Gasteiger partial charge in [-0.15, -0.1) is 0 Å². The predicted octanol–water partition coefficient (Wildman–Crippen LogP) is 4.44. The molecule has 0 aliphatic heterocycles. The van der Waals surface area contributed by atoms with Crippen molar-refractivity contribution in [3.63, 3.8) is 0 Å². The van der Waals surface area contributed by atoms with E-state index in [0.29, 0.717) is 15.7 Å². The van der Waals surface area contributed by atoms with Gasteiger partial charge in [-0.05, 0) is 45.9 Å². The SMILES string of the molecule is CC(C)OC(=O)CC/C(=N/Nc1ccc(Cl)c(Cl)c1)C(=O)OC(C)C. The summed E-state index contributed by atoms with van der Waals surface area (Å²) < 4.78 is 10.2. The van der Waals surface area contributed by atoms with Crippen molar-refractivity contribution in [1.82, 2.24) is 0 Å². The summed E-state index contributed by atoms with van der Waals surface area (Å²) in [6.07, 6.45) is -0.409. The number of ether oxygens (including phenoxy) is 2. The van der Waals surface area contributed by atoms with E-state index >= 15 is 0 Å². The van der Waals surface area contributed by atoms with Crippen molar-refractivity contribution in [3.8, 4) is 0 Å². The molecule has 0 saturated heterocycles. The Morgan fingerprint density at radius 2 is 1.68 bits per heavy atom. The van der Waals surface area contributed by atoms with Crippen LogP contribution in [-0.2, 0) is 19.1 Å². The molecule has 0 fully saturated rings. The maximum atomic E-state index is 12.1. The first-order valence-electron chi connectivity index (χ1n) is 7.87. The summed E-state index contributed by atoms with van der Waals surface area (Å²) in [7, 11) is 0. The molecule has 25 heavy (non-hydrogen) atoms. The van der Waals surface area contributed by atoms with E-state index in [4.69, 9.17) is 32.7 Å². The molecule has 8 heteroatoms. The fourth-order valence-corrected chi connectivity index (χ4v) is 2.02. The Labute approximate surface area is 157 Å². The van der Waals surface area contributed by atoms with Crippen LogP contribution in [0, 0.1) is 0 Å². The molecule has 0 spiro atoms. The summed E-state index contributed by atoms with van der Waals surface area (Å²) in [6.45, 7) is 6.97. The number of esters is 2. The average molecular weight is 389 g/mol. The molecule has 1 aromatic carbocycles. The second-order valence-corrected chi connectivity index (χ2v) is 6.61. The number of hydrazone groups is 1. The van der Waals surface area contributed by atoms with Crippen molar-refractivity contribution in [2.45, 2.75) is 52.7 Å². The molecule has 0 aliphatic carbocycles. The van der Waals surface area contributed by atoms with Crippen molar-refractivity contribution in [3.05, 3.63) is 28.2 Å². The molecule has 138 valence electrons. The quantitative estimate of drug-likeness (QED) is 0.404. The Morgan fingerprint density at radius 1 is 1.04 bits per heavy atom. The standard InChI is InChI=1S/C17H22Cl2N2O4/c1-10(2)24-16(22)8-7-15(17(23)25-11(3)4)21-20-12-5-6-13(18)14(19)9-12/h5-6,9-11,20H,7-8H2,1-4H3/b21-15-. The number of nitrogens with zero attached hydrogens (tertiary/aromatic N) is 1. The molecule has 0 bridgehead atoms. The molecule has 0 aromatic heterocycles. The lowest BCUT2D eigenvalue weighted by molar-refractivity contribution is -0.147. The monoisotopic (exact) mass is 388 g/mol. The lowest BCUT2D eigenvalue weighted by Crippen LogP contribution is -2.24. The number of carbonyl (C=O) groups is 2. The molecule has 1 aromatic rings. The van der Waals surface area contributed by atoms with Crippen LogP contribution in [0.5, 0.6) is 0 Å². The minimum absolute atomic E-state index is 0.0211. The summed E-state index contributed by atoms with van der Waals surface area (Å²) >= 11 is 11.8. The van der Waals surface area contributed by atoms with Crippen molar-refractivity contribution in [2.75, 3.05) is 5.43 Å². The van der Waals surface area contributed by atoms with E-state index in [-0.39, 0.29) is 30.8 Å². The van der Waals surface area contributed by atoms with E-state index in [1.165, 1.54) is 0 Å². The number of carbonyl (C=O) groups excluding carboxylic acids is 2. The van der Waals surface area contributed by atoms with Gasteiger partial charge in [0.15, 0.2) is 0 Å². The summed E-state index contributed by atoms with van der Waals surface area (Å²) in [5, 5.41) is 4.82. The number of benzene rings is 1. The van der Waals surface area contributed by atoms with Crippen molar-refractivity contribution in [1.29, 1.82) is 0 Å². The molecule has 6 nitrogen and oxygen atoms in total. The Kier molecular flexibility index (Phi) is 8.72. The van der Waals surface area contributed by atoms with Crippen LogP contribution in [0.25, 0.3) is 0 Å². The van der Waals surface area contributed by atoms with Gasteiger partial charge in [0, 0.05) is 6.42 Å². The second kappa shape index (κ2) is 10.3. The van der Waals surface area contributed by atoms with Crippen LogP contribution in [0.2, 0.25) is 10.0 Å². The maximum absolute atomic E-state index is 12.1. The van der Waals surface area contributed by atoms with Crippen LogP contribution in [0.1, 0.15) is 40.5 Å². The van der Waals surface area contributed by atoms with Gasteiger partial charge in [0.25, 0.3) is 0 Å². The average Bonchev–Trinajstić information content (AvgIpc) is 2.49. The zero-order valence-corrected chi connectivity index (χ0v) is 16.1. The van der Waals surface area contributed by atoms with Crippen LogP contribution in [0.4, 0.5) is 5.69 Å². The highest BCUT2D eigenvalue weighted by Gasteiger charge is 2.18. The fraction of sp³-hybridized carbons (Fsp3) is 0.471. The fourth-order valence-electron chi connectivity index (χ4n) is 1.73. The van der Waals surface area contributed by atoms with Crippen LogP contribution in [-0.4, -0.2) is 29.9 Å². The van der Waals surface area contributed by atoms with E-state index in [1.807, 2.05) is 0 Å². The molecular formula is C17H22Cl2N2O4. The lowest BCUT2D eigenvalue weighted by atomic mass is 10.2. The van der Waals surface area contributed by atoms with Gasteiger partial charge < -0.3 is 9.47 Å². The summed E-state index contributed by atoms with van der Waals surface area (Å²) in [4.78, 5) is 23.8. The molecule has 0 saturated carbocycles. The number of halogens is 2. The number of hydrogen-bond acceptors (Lipinski definition) is 6. The first-order chi connectivity index (χ1) is 11.7. The Balaban J connectivity index is 2.83. The molecule has 1 N–H and O–H groups in total. The third-order valence-corrected chi connectivity index (χ3v) is 3.49. The van der Waals surface area contributed by atoms with Gasteiger partial charge in [-0.3, -0.25) is 10.2 Å². The normalized spacial score (nSPS) is 11.6. The summed E-state index contributed by atoms with van der Waals surface area (Å²) in [6, 6.07) is 4.84. The first kappa shape index (κ1) is 21.3. The third-order valence-electron chi connectivity index (χ3n) is 2.75. The highest BCUT2D eigenvalue weighted by molar-refractivity contribution is 6.42. The largest absolute Gasteiger partial charge is 0.463 e. The molecular weight excluding hydrogens is 367 g/mol. The summed E-state index contributed by atoms with van der Waals surface area (Å²) in [5.41, 5.74) is 3.36. The van der Waals surface area contributed by atoms with E-state index < -0.39 is 11.9 Å². The van der Waals surface area contributed by atoms with E-state index in [0.717, 1.165) is 0 Å². The number of anilines is 1. The van der Waals surface area contributed by atoms with Gasteiger partial charge in [-0.1, -0.05) is 23.2 Å². The number of hydrogen-bond donors (Lipinski definition) is 1. The van der Waals surface area contributed by atoms with E-state index in [2.05, 4.69) is 10.5 Å². The highest BCUT2D eigenvalue weighted by atomic mass is 35.5. The van der Waals surface area contributed by atoms with Crippen LogP contribution < -0.4 is 5.43 Å². The lowest BCUT2D eigenvalue weighted by Gasteiger charge is -2.11. The van der Waals surface area contributed by atoms with Gasteiger partial charge in [0.2, 0.25) is 0 Å². The van der Waals surface area contributed by atoms with Crippen LogP contribution in [0.15, 0.2) is 23.3 Å². The molecule has 0 aliphatic rings. The third kappa shape index (κ3) is 8.23. The predicted molar refractivity (Wildman–Crippen MR) is 99.2 cm³/mol. The van der Waals surface area contributed by atoms with E-state index in [1.54, 1.807) is 45.9 Å². The van der Waals surface area contributed by atoms with Gasteiger partial charge in [-0.2, -0.15) is 5.10 Å².